The van der Waals surface area contributed by atoms with Gasteiger partial charge in [0.05, 0.1) is 10.6 Å². The smallest absolute Gasteiger partial charge is 0.263 e. The fraction of sp³-hybridized carbons (Fsp3) is 0.300. The molecule has 1 aliphatic rings. The van der Waals surface area contributed by atoms with Gasteiger partial charge in [0.1, 0.15) is 5.92 Å². The third-order valence-electron chi connectivity index (χ3n) is 4.96. The van der Waals surface area contributed by atoms with Crippen molar-refractivity contribution in [3.05, 3.63) is 59.7 Å². The van der Waals surface area contributed by atoms with Gasteiger partial charge in [-0.05, 0) is 17.7 Å². The SMILES string of the molecule is CN1C[C@H](c2ccc(C(F)F)cc2)[C@@H](C(=O)Nc2ccccc2S(C)(=O)=O)C1=O. The zero-order valence-electron chi connectivity index (χ0n) is 15.8. The number of anilines is 1. The zero-order chi connectivity index (χ0) is 21.3. The molecule has 0 unspecified atom stereocenters. The molecule has 0 radical (unpaired) electrons. The van der Waals surface area contributed by atoms with E-state index in [1.165, 1.54) is 47.4 Å². The number of para-hydroxylation sites is 1. The molecule has 1 aliphatic heterocycles. The van der Waals surface area contributed by atoms with Crippen molar-refractivity contribution in [1.82, 2.24) is 4.90 Å². The van der Waals surface area contributed by atoms with Crippen molar-refractivity contribution in [2.45, 2.75) is 17.2 Å². The highest BCUT2D eigenvalue weighted by atomic mass is 32.2. The van der Waals surface area contributed by atoms with E-state index < -0.39 is 39.9 Å². The van der Waals surface area contributed by atoms with Crippen molar-refractivity contribution in [1.29, 1.82) is 0 Å². The van der Waals surface area contributed by atoms with Crippen LogP contribution in [0.2, 0.25) is 0 Å². The maximum absolute atomic E-state index is 12.9. The van der Waals surface area contributed by atoms with E-state index in [4.69, 9.17) is 0 Å². The topological polar surface area (TPSA) is 83.6 Å². The molecule has 0 spiro atoms. The Bertz CT molecular complexity index is 1040. The van der Waals surface area contributed by atoms with Crippen LogP contribution in [0.25, 0.3) is 0 Å². The van der Waals surface area contributed by atoms with Crippen LogP contribution in [0.4, 0.5) is 14.5 Å². The Morgan fingerprint density at radius 3 is 2.34 bits per heavy atom. The van der Waals surface area contributed by atoms with Gasteiger partial charge in [0.2, 0.25) is 11.8 Å². The van der Waals surface area contributed by atoms with Gasteiger partial charge in [-0.1, -0.05) is 36.4 Å². The monoisotopic (exact) mass is 422 g/mol. The quantitative estimate of drug-likeness (QED) is 0.751. The molecule has 1 fully saturated rings. The van der Waals surface area contributed by atoms with Gasteiger partial charge in [0.15, 0.2) is 9.84 Å². The summed E-state index contributed by atoms with van der Waals surface area (Å²) < 4.78 is 49.5. The number of hydrogen-bond donors (Lipinski definition) is 1. The minimum Gasteiger partial charge on any atom is -0.344 e. The number of likely N-dealkylation sites (N-methyl/N-ethyl adjacent to an activating group) is 1. The van der Waals surface area contributed by atoms with Crippen LogP contribution in [-0.2, 0) is 19.4 Å². The van der Waals surface area contributed by atoms with Crippen LogP contribution in [0.5, 0.6) is 0 Å². The Morgan fingerprint density at radius 2 is 1.76 bits per heavy atom. The summed E-state index contributed by atoms with van der Waals surface area (Å²) >= 11 is 0. The molecule has 3 rings (SSSR count). The van der Waals surface area contributed by atoms with Crippen LogP contribution in [0.15, 0.2) is 53.4 Å². The molecule has 1 saturated heterocycles. The third kappa shape index (κ3) is 4.29. The number of carbonyl (C=O) groups is 2. The fourth-order valence-corrected chi connectivity index (χ4v) is 4.33. The first-order chi connectivity index (χ1) is 13.6. The molecule has 1 heterocycles. The largest absolute Gasteiger partial charge is 0.344 e. The minimum absolute atomic E-state index is 0.0509. The van der Waals surface area contributed by atoms with Gasteiger partial charge in [-0.3, -0.25) is 9.59 Å². The van der Waals surface area contributed by atoms with Gasteiger partial charge in [0, 0.05) is 31.3 Å². The molecule has 6 nitrogen and oxygen atoms in total. The van der Waals surface area contributed by atoms with Crippen molar-refractivity contribution in [3.8, 4) is 0 Å². The lowest BCUT2D eigenvalue weighted by Crippen LogP contribution is -2.33. The van der Waals surface area contributed by atoms with Crippen LogP contribution >= 0.6 is 0 Å². The highest BCUT2D eigenvalue weighted by Gasteiger charge is 2.44. The summed E-state index contributed by atoms with van der Waals surface area (Å²) in [5, 5.41) is 2.55. The predicted molar refractivity (Wildman–Crippen MR) is 103 cm³/mol. The number of halogens is 2. The molecule has 0 aliphatic carbocycles. The first kappa shape index (κ1) is 20.9. The van der Waals surface area contributed by atoms with Crippen molar-refractivity contribution < 1.29 is 26.8 Å². The van der Waals surface area contributed by atoms with E-state index >= 15 is 0 Å². The molecule has 0 bridgehead atoms. The first-order valence-corrected chi connectivity index (χ1v) is 10.7. The van der Waals surface area contributed by atoms with Crippen molar-refractivity contribution in [2.75, 3.05) is 25.2 Å². The molecule has 2 atom stereocenters. The summed E-state index contributed by atoms with van der Waals surface area (Å²) in [6.07, 6.45) is -1.58. The number of likely N-dealkylation sites (tertiary alicyclic amines) is 1. The number of rotatable bonds is 5. The van der Waals surface area contributed by atoms with Crippen molar-refractivity contribution in [3.63, 3.8) is 0 Å². The van der Waals surface area contributed by atoms with Crippen LogP contribution in [-0.4, -0.2) is 45.0 Å². The van der Waals surface area contributed by atoms with Crippen LogP contribution < -0.4 is 5.32 Å². The van der Waals surface area contributed by atoms with Crippen molar-refractivity contribution >= 4 is 27.3 Å². The number of benzene rings is 2. The standard InChI is InChI=1S/C20H20F2N2O4S/c1-24-11-14(12-7-9-13(10-8-12)18(21)22)17(20(24)26)19(25)23-15-5-3-4-6-16(15)29(2,27)28/h3-10,14,17-18H,11H2,1-2H3,(H,23,25)/t14-,17+/m1/s1. The number of alkyl halides is 2. The lowest BCUT2D eigenvalue weighted by Gasteiger charge is -2.18. The molecule has 154 valence electrons. The van der Waals surface area contributed by atoms with Gasteiger partial charge in [0.25, 0.3) is 6.43 Å². The first-order valence-electron chi connectivity index (χ1n) is 8.82. The normalized spacial score (nSPS) is 19.6. The van der Waals surface area contributed by atoms with E-state index in [1.807, 2.05) is 0 Å². The molecule has 9 heteroatoms. The maximum Gasteiger partial charge on any atom is 0.263 e. The van der Waals surface area contributed by atoms with Crippen molar-refractivity contribution in [2.24, 2.45) is 5.92 Å². The molecule has 2 amide bonds. The number of sulfone groups is 1. The zero-order valence-corrected chi connectivity index (χ0v) is 16.6. The average molecular weight is 422 g/mol. The van der Waals surface area contributed by atoms with Gasteiger partial charge in [-0.25, -0.2) is 17.2 Å². The summed E-state index contributed by atoms with van der Waals surface area (Å²) in [5.74, 6) is -2.68. The van der Waals surface area contributed by atoms with E-state index in [-0.39, 0.29) is 22.7 Å². The second kappa shape index (κ2) is 7.90. The number of hydrogen-bond acceptors (Lipinski definition) is 4. The second-order valence-electron chi connectivity index (χ2n) is 7.03. The average Bonchev–Trinajstić information content (AvgIpc) is 2.96. The summed E-state index contributed by atoms with van der Waals surface area (Å²) in [4.78, 5) is 26.9. The molecule has 29 heavy (non-hydrogen) atoms. The van der Waals surface area contributed by atoms with Crippen LogP contribution in [0, 0.1) is 5.92 Å². The Kier molecular flexibility index (Phi) is 5.70. The Balaban J connectivity index is 1.91. The lowest BCUT2D eigenvalue weighted by molar-refractivity contribution is -0.135. The Hall–Kier alpha value is -2.81. The lowest BCUT2D eigenvalue weighted by atomic mass is 9.87. The summed E-state index contributed by atoms with van der Waals surface area (Å²) in [6, 6.07) is 11.5. The number of amides is 2. The van der Waals surface area contributed by atoms with Gasteiger partial charge < -0.3 is 10.2 Å². The predicted octanol–water partition coefficient (Wildman–Crippen LogP) is 2.84. The molecule has 1 N–H and O–H groups in total. The van der Waals surface area contributed by atoms with Gasteiger partial charge in [-0.15, -0.1) is 0 Å². The Labute approximate surface area is 167 Å². The Morgan fingerprint density at radius 1 is 1.14 bits per heavy atom. The van der Waals surface area contributed by atoms with E-state index in [0.717, 1.165) is 6.26 Å². The molecule has 0 saturated carbocycles. The molecule has 0 aromatic heterocycles. The van der Waals surface area contributed by atoms with Gasteiger partial charge in [-0.2, -0.15) is 0 Å². The maximum atomic E-state index is 12.9. The highest BCUT2D eigenvalue weighted by Crippen LogP contribution is 2.35. The second-order valence-corrected chi connectivity index (χ2v) is 9.01. The summed E-state index contributed by atoms with van der Waals surface area (Å²) in [7, 11) is -2.03. The number of carbonyl (C=O) groups excluding carboxylic acids is 2. The molecule has 2 aromatic rings. The third-order valence-corrected chi connectivity index (χ3v) is 6.11. The van der Waals surface area contributed by atoms with Crippen LogP contribution in [0.1, 0.15) is 23.5 Å². The molecular formula is C20H20F2N2O4S. The van der Waals surface area contributed by atoms with E-state index in [1.54, 1.807) is 13.1 Å². The van der Waals surface area contributed by atoms with E-state index in [9.17, 15) is 26.8 Å². The summed E-state index contributed by atoms with van der Waals surface area (Å²) in [6.45, 7) is 0.249. The summed E-state index contributed by atoms with van der Waals surface area (Å²) in [5.41, 5.74) is 0.535. The highest BCUT2D eigenvalue weighted by molar-refractivity contribution is 7.90. The number of nitrogens with zero attached hydrogens (tertiary/aromatic N) is 1. The fourth-order valence-electron chi connectivity index (χ4n) is 3.49. The van der Waals surface area contributed by atoms with E-state index in [2.05, 4.69) is 5.32 Å². The van der Waals surface area contributed by atoms with E-state index in [0.29, 0.717) is 5.56 Å². The molecular weight excluding hydrogens is 402 g/mol. The van der Waals surface area contributed by atoms with Crippen LogP contribution in [0.3, 0.4) is 0 Å². The molecule has 2 aromatic carbocycles. The van der Waals surface area contributed by atoms with Gasteiger partial charge >= 0.3 is 0 Å². The number of nitrogens with one attached hydrogen (secondary N) is 1. The minimum atomic E-state index is -3.59.